The number of fused-ring (bicyclic) bond motifs is 1. The van der Waals surface area contributed by atoms with Gasteiger partial charge in [-0.25, -0.2) is 21.6 Å². The van der Waals surface area contributed by atoms with Crippen molar-refractivity contribution in [2.24, 2.45) is 11.3 Å². The molecule has 1 N–H and O–H groups in total. The summed E-state index contributed by atoms with van der Waals surface area (Å²) >= 11 is 2.35. The molecule has 16 heteroatoms. The first-order chi connectivity index (χ1) is 21.5. The van der Waals surface area contributed by atoms with E-state index in [0.717, 1.165) is 48.8 Å². The lowest BCUT2D eigenvalue weighted by Gasteiger charge is -2.56. The van der Waals surface area contributed by atoms with Gasteiger partial charge in [0.2, 0.25) is 20.0 Å². The fraction of sp³-hybridized carbons (Fsp3) is 0.935. The molecule has 0 spiro atoms. The summed E-state index contributed by atoms with van der Waals surface area (Å²) in [7, 11) is -12.0. The first-order valence-corrected chi connectivity index (χ1v) is 31.1. The molecule has 1 saturated carbocycles. The molecule has 278 valence electrons. The van der Waals surface area contributed by atoms with Crippen LogP contribution in [0.25, 0.3) is 0 Å². The van der Waals surface area contributed by atoms with Crippen LogP contribution in [0.4, 0.5) is 0 Å². The summed E-state index contributed by atoms with van der Waals surface area (Å²) in [6.45, 7) is 13.8. The summed E-state index contributed by atoms with van der Waals surface area (Å²) < 4.78 is 94.5. The van der Waals surface area contributed by atoms with E-state index < -0.39 is 63.4 Å². The van der Waals surface area contributed by atoms with Gasteiger partial charge in [0, 0.05) is 41.8 Å². The van der Waals surface area contributed by atoms with Crippen LogP contribution in [0.3, 0.4) is 0 Å². The van der Waals surface area contributed by atoms with Gasteiger partial charge < -0.3 is 4.74 Å². The number of nitrogens with one attached hydrogen (secondary N) is 1. The van der Waals surface area contributed by atoms with Gasteiger partial charge in [0.05, 0.1) is 36.0 Å². The number of alkyl halides is 1. The maximum atomic E-state index is 14.1. The Morgan fingerprint density at radius 3 is 2.11 bits per heavy atom. The Bertz CT molecular complexity index is 1350. The number of nitrogens with zero attached hydrogens (tertiary/aromatic N) is 1. The lowest BCUT2D eigenvalue weighted by Crippen LogP contribution is -2.65. The Kier molecular flexibility index (Phi) is 16.6. The van der Waals surface area contributed by atoms with Gasteiger partial charge >= 0.3 is 0 Å². The van der Waals surface area contributed by atoms with Crippen molar-refractivity contribution in [2.45, 2.75) is 121 Å². The smallest absolute Gasteiger partial charge is 0.264 e. The van der Waals surface area contributed by atoms with E-state index >= 15 is 0 Å². The van der Waals surface area contributed by atoms with Gasteiger partial charge in [-0.1, -0.05) is 74.0 Å². The Balaban J connectivity index is 2.20. The molecule has 0 aromatic rings. The summed E-state index contributed by atoms with van der Waals surface area (Å²) in [4.78, 5) is 0. The van der Waals surface area contributed by atoms with Crippen molar-refractivity contribution < 1.29 is 34.2 Å². The van der Waals surface area contributed by atoms with Crippen LogP contribution in [0.2, 0.25) is 51.4 Å². The van der Waals surface area contributed by atoms with Crippen molar-refractivity contribution in [3.63, 3.8) is 0 Å². The molecule has 2 rings (SSSR count). The highest BCUT2D eigenvalue weighted by molar-refractivity contribution is 14.1. The van der Waals surface area contributed by atoms with Crippen molar-refractivity contribution in [2.75, 3.05) is 49.0 Å². The van der Waals surface area contributed by atoms with Gasteiger partial charge in [-0.2, -0.15) is 12.7 Å². The number of unbranched alkanes of at least 4 members (excludes halogenated alkanes) is 2. The maximum absolute atomic E-state index is 14.1. The highest BCUT2D eigenvalue weighted by Gasteiger charge is 2.65. The fourth-order valence-electron chi connectivity index (χ4n) is 7.10. The third kappa shape index (κ3) is 13.9. The number of methoxy groups -OCH3 is 1. The summed E-state index contributed by atoms with van der Waals surface area (Å²) in [6, 6.07) is 0.894. The normalized spacial score (nSPS) is 26.7. The van der Waals surface area contributed by atoms with E-state index in [1.54, 1.807) is 11.4 Å². The predicted octanol–water partition coefficient (Wildman–Crippen LogP) is 6.08. The third-order valence-electron chi connectivity index (χ3n) is 9.87. The molecule has 47 heavy (non-hydrogen) atoms. The number of ether oxygens (including phenoxy) is 1. The molecule has 2 fully saturated rings. The molecule has 1 saturated heterocycles. The van der Waals surface area contributed by atoms with Crippen LogP contribution in [0.15, 0.2) is 12.2 Å². The molecule has 1 heterocycles. The summed E-state index contributed by atoms with van der Waals surface area (Å²) in [5.41, 5.74) is -1.44. The zero-order valence-electron chi connectivity index (χ0n) is 30.1. The quantitative estimate of drug-likeness (QED) is 0.0346. The second-order valence-corrected chi connectivity index (χ2v) is 34.0. The van der Waals surface area contributed by atoms with Crippen LogP contribution in [-0.4, -0.2) is 106 Å². The molecule has 1 aliphatic heterocycles. The summed E-state index contributed by atoms with van der Waals surface area (Å²) in [5.74, 6) is 0.408. The van der Waals surface area contributed by atoms with Gasteiger partial charge in [0.15, 0.2) is 0 Å². The molecular formula is C31H63IN2O8S3Si2. The molecular weight excluding hydrogens is 808 g/mol. The monoisotopic (exact) mass is 870 g/mol. The van der Waals surface area contributed by atoms with Crippen LogP contribution in [0, 0.1) is 11.3 Å². The molecule has 0 aromatic carbocycles. The number of rotatable bonds is 22. The van der Waals surface area contributed by atoms with Crippen molar-refractivity contribution in [1.82, 2.24) is 9.03 Å². The van der Waals surface area contributed by atoms with E-state index in [0.29, 0.717) is 44.8 Å². The van der Waals surface area contributed by atoms with E-state index in [9.17, 15) is 25.3 Å². The van der Waals surface area contributed by atoms with Gasteiger partial charge in [-0.05, 0) is 80.2 Å². The van der Waals surface area contributed by atoms with Crippen LogP contribution in [-0.2, 0) is 39.1 Å². The Morgan fingerprint density at radius 1 is 0.915 bits per heavy atom. The van der Waals surface area contributed by atoms with Crippen LogP contribution < -0.4 is 4.72 Å². The second kappa shape index (κ2) is 17.9. The van der Waals surface area contributed by atoms with E-state index in [-0.39, 0.29) is 24.0 Å². The predicted molar refractivity (Wildman–Crippen MR) is 208 cm³/mol. The van der Waals surface area contributed by atoms with Crippen molar-refractivity contribution in [3.05, 3.63) is 12.2 Å². The largest absolute Gasteiger partial charge is 0.377 e. The average molecular weight is 871 g/mol. The molecule has 10 nitrogen and oxygen atoms in total. The first-order valence-electron chi connectivity index (χ1n) is 17.1. The van der Waals surface area contributed by atoms with Crippen LogP contribution in [0.1, 0.15) is 57.8 Å². The van der Waals surface area contributed by atoms with E-state index in [1.807, 2.05) is 0 Å². The number of allylic oxidation sites excluding steroid dienone is 2. The second-order valence-electron chi connectivity index (χ2n) is 16.1. The van der Waals surface area contributed by atoms with Crippen molar-refractivity contribution in [3.8, 4) is 0 Å². The third-order valence-corrected chi connectivity index (χ3v) is 18.5. The molecule has 0 radical (unpaired) electrons. The average Bonchev–Trinajstić information content (AvgIpc) is 3.36. The van der Waals surface area contributed by atoms with Crippen LogP contribution >= 0.6 is 22.6 Å². The zero-order chi connectivity index (χ0) is 35.8. The topological polar surface area (TPSA) is 136 Å². The molecule has 0 aromatic heterocycles. The first kappa shape index (κ1) is 43.8. The molecule has 0 unspecified atom stereocenters. The Hall–Kier alpha value is 0.594. The fourth-order valence-corrected chi connectivity index (χ4v) is 17.2. The maximum Gasteiger partial charge on any atom is 0.264 e. The highest BCUT2D eigenvalue weighted by Crippen LogP contribution is 2.58. The SMILES string of the molecule is CO[C@@]1(CC/C=C/CCCCNS(=O)(=O)CC[Si](C)(C)C)CC[C@H](CCI)[C@@]2(COS(C)(=O)=O)CCN(S(=O)(=O)CC[Si](C)(C)C)[C@@H]12. The van der Waals surface area contributed by atoms with E-state index in [1.165, 1.54) is 0 Å². The standard InChI is InChI=1S/C31H63IN2O8S3Si2/c1-41-31(17-13-11-9-10-12-14-21-33-44(37,38)23-25-46(3,4)5)18-15-28(16-20-32)30(27-42-43(2,35)36)19-22-34(29(30)31)45(39,40)24-26-47(6,7)8/h9,11,28-29,33H,10,12-27H2,1-8H3/b11-9+/t28-,29-,30+,31+/m1/s1. The van der Waals surface area contributed by atoms with Gasteiger partial charge in [-0.15, -0.1) is 0 Å². The molecule has 0 amide bonds. The molecule has 2 aliphatic rings. The van der Waals surface area contributed by atoms with Crippen molar-refractivity contribution >= 4 is 68.9 Å². The van der Waals surface area contributed by atoms with Crippen molar-refractivity contribution in [1.29, 1.82) is 0 Å². The minimum atomic E-state index is -3.74. The highest BCUT2D eigenvalue weighted by atomic mass is 127. The van der Waals surface area contributed by atoms with Gasteiger partial charge in [0.25, 0.3) is 10.1 Å². The van der Waals surface area contributed by atoms with Crippen LogP contribution in [0.5, 0.6) is 0 Å². The zero-order valence-corrected chi connectivity index (χ0v) is 36.8. The summed E-state index contributed by atoms with van der Waals surface area (Å²) in [5, 5.41) is 0. The summed E-state index contributed by atoms with van der Waals surface area (Å²) in [6.07, 6.45) is 11.9. The van der Waals surface area contributed by atoms with Gasteiger partial charge in [-0.3, -0.25) is 4.18 Å². The molecule has 4 atom stereocenters. The lowest BCUT2D eigenvalue weighted by atomic mass is 9.57. The number of halogens is 1. The Morgan fingerprint density at radius 2 is 1.53 bits per heavy atom. The number of sulfonamides is 2. The number of hydrogen-bond donors (Lipinski definition) is 1. The minimum absolute atomic E-state index is 0.0410. The van der Waals surface area contributed by atoms with E-state index in [4.69, 9.17) is 8.92 Å². The lowest BCUT2D eigenvalue weighted by molar-refractivity contribution is -0.146. The number of hydrogen-bond acceptors (Lipinski definition) is 8. The molecule has 0 bridgehead atoms. The minimum Gasteiger partial charge on any atom is -0.377 e. The van der Waals surface area contributed by atoms with E-state index in [2.05, 4.69) is 78.7 Å². The molecule has 1 aliphatic carbocycles. The Labute approximate surface area is 303 Å². The van der Waals surface area contributed by atoms with Gasteiger partial charge in [0.1, 0.15) is 0 Å².